The van der Waals surface area contributed by atoms with Crippen molar-refractivity contribution in [3.05, 3.63) is 62.6 Å². The number of alkyl halides is 3. The molecule has 0 aliphatic carbocycles. The van der Waals surface area contributed by atoms with Crippen molar-refractivity contribution in [1.29, 1.82) is 0 Å². The number of aldehydes is 1. The molecule has 5 nitrogen and oxygen atoms in total. The third-order valence-electron chi connectivity index (χ3n) is 3.99. The molecule has 2 aromatic carbocycles. The first-order chi connectivity index (χ1) is 13.4. The average molecular weight is 468 g/mol. The predicted octanol–water partition coefficient (Wildman–Crippen LogP) is 4.55. The summed E-state index contributed by atoms with van der Waals surface area (Å²) in [5, 5.41) is 2.04. The van der Waals surface area contributed by atoms with E-state index in [1.807, 2.05) is 0 Å². The zero-order chi connectivity index (χ0) is 22.0. The molecule has 0 radical (unpaired) electrons. The van der Waals surface area contributed by atoms with E-state index >= 15 is 0 Å². The van der Waals surface area contributed by atoms with Gasteiger partial charge in [-0.15, -0.1) is 0 Å². The Labute approximate surface area is 174 Å². The smallest absolute Gasteiger partial charge is 0.348 e. The molecular formula is C18H14Cl2F3NO4S. The maximum Gasteiger partial charge on any atom is 0.417 e. The van der Waals surface area contributed by atoms with E-state index in [9.17, 15) is 31.2 Å². The van der Waals surface area contributed by atoms with Crippen LogP contribution in [0.3, 0.4) is 0 Å². The summed E-state index contributed by atoms with van der Waals surface area (Å²) in [6.07, 6.45) is -4.94. The van der Waals surface area contributed by atoms with Gasteiger partial charge in [0, 0.05) is 22.7 Å². The van der Waals surface area contributed by atoms with Gasteiger partial charge in [-0.3, -0.25) is 9.59 Å². The molecule has 0 heterocycles. The third kappa shape index (κ3) is 5.29. The van der Waals surface area contributed by atoms with Crippen molar-refractivity contribution >= 4 is 45.2 Å². The number of hydrogen-bond donors (Lipinski definition) is 1. The van der Waals surface area contributed by atoms with Gasteiger partial charge >= 0.3 is 6.18 Å². The van der Waals surface area contributed by atoms with Crippen LogP contribution in [0, 0.1) is 0 Å². The molecule has 0 spiro atoms. The first kappa shape index (κ1) is 23.2. The highest BCUT2D eigenvalue weighted by atomic mass is 35.5. The molecule has 1 N–H and O–H groups in total. The van der Waals surface area contributed by atoms with Crippen molar-refractivity contribution < 1.29 is 31.2 Å². The van der Waals surface area contributed by atoms with Crippen molar-refractivity contribution in [3.8, 4) is 0 Å². The normalized spacial score (nSPS) is 11.9. The fourth-order valence-electron chi connectivity index (χ4n) is 2.53. The Morgan fingerprint density at radius 3 is 2.38 bits per heavy atom. The second-order valence-corrected chi connectivity index (χ2v) is 8.96. The molecule has 156 valence electrons. The fourth-order valence-corrected chi connectivity index (χ4v) is 4.10. The van der Waals surface area contributed by atoms with Gasteiger partial charge in [0.25, 0.3) is 5.91 Å². The molecule has 0 unspecified atom stereocenters. The molecule has 2 rings (SSSR count). The van der Waals surface area contributed by atoms with Gasteiger partial charge in [-0.1, -0.05) is 30.1 Å². The lowest BCUT2D eigenvalue weighted by atomic mass is 10.0. The number of benzene rings is 2. The molecular weight excluding hydrogens is 454 g/mol. The predicted molar refractivity (Wildman–Crippen MR) is 102 cm³/mol. The second-order valence-electron chi connectivity index (χ2n) is 5.87. The molecule has 11 heteroatoms. The van der Waals surface area contributed by atoms with Crippen LogP contribution in [0.15, 0.2) is 35.2 Å². The van der Waals surface area contributed by atoms with Gasteiger partial charge in [0.05, 0.1) is 21.2 Å². The summed E-state index contributed by atoms with van der Waals surface area (Å²) in [6.45, 7) is 1.14. The Balaban J connectivity index is 2.37. The van der Waals surface area contributed by atoms with Gasteiger partial charge in [-0.25, -0.2) is 8.42 Å². The minimum absolute atomic E-state index is 0.0410. The van der Waals surface area contributed by atoms with Gasteiger partial charge in [0.1, 0.15) is 0 Å². The molecule has 0 aliphatic rings. The number of sulfone groups is 1. The molecule has 0 bridgehead atoms. The van der Waals surface area contributed by atoms with Crippen molar-refractivity contribution in [1.82, 2.24) is 5.32 Å². The van der Waals surface area contributed by atoms with Gasteiger partial charge in [0.15, 0.2) is 16.1 Å². The van der Waals surface area contributed by atoms with Crippen LogP contribution < -0.4 is 5.32 Å². The van der Waals surface area contributed by atoms with Crippen molar-refractivity contribution in [2.75, 3.05) is 5.75 Å². The summed E-state index contributed by atoms with van der Waals surface area (Å²) in [5.74, 6) is -1.12. The van der Waals surface area contributed by atoms with Crippen LogP contribution in [0.2, 0.25) is 10.0 Å². The fraction of sp³-hybridized carbons (Fsp3) is 0.222. The van der Waals surface area contributed by atoms with Crippen molar-refractivity contribution in [3.63, 3.8) is 0 Å². The molecule has 0 aromatic heterocycles. The van der Waals surface area contributed by atoms with Gasteiger partial charge < -0.3 is 5.32 Å². The van der Waals surface area contributed by atoms with Crippen molar-refractivity contribution in [2.24, 2.45) is 0 Å². The molecule has 0 saturated heterocycles. The summed E-state index contributed by atoms with van der Waals surface area (Å²) in [4.78, 5) is 23.2. The summed E-state index contributed by atoms with van der Waals surface area (Å²) in [6, 6.07) is 5.45. The minimum Gasteiger partial charge on any atom is -0.348 e. The van der Waals surface area contributed by atoms with Crippen molar-refractivity contribution in [2.45, 2.75) is 24.5 Å². The second kappa shape index (κ2) is 8.73. The SMILES string of the molecule is CCS(=O)(=O)c1ccc(Cl)cc1CNC(=O)c1cc(Cl)c(C=O)c(C(F)(F)F)c1. The summed E-state index contributed by atoms with van der Waals surface area (Å²) >= 11 is 11.6. The number of carbonyl (C=O) groups is 2. The van der Waals surface area contributed by atoms with Gasteiger partial charge in [0.2, 0.25) is 0 Å². The van der Waals surface area contributed by atoms with E-state index < -0.39 is 43.6 Å². The standard InChI is InChI=1S/C18H14Cl2F3NO4S/c1-2-29(27,28)16-4-3-12(19)5-11(16)8-24-17(26)10-6-14(18(21,22)23)13(9-25)15(20)7-10/h3-7,9H,2,8H2,1H3,(H,24,26). The van der Waals surface area contributed by atoms with E-state index in [-0.39, 0.29) is 34.1 Å². The zero-order valence-corrected chi connectivity index (χ0v) is 17.1. The third-order valence-corrected chi connectivity index (χ3v) is 6.37. The summed E-state index contributed by atoms with van der Waals surface area (Å²) in [7, 11) is -3.62. The van der Waals surface area contributed by atoms with E-state index in [1.54, 1.807) is 0 Å². The van der Waals surface area contributed by atoms with Crippen LogP contribution in [-0.2, 0) is 22.6 Å². The van der Waals surface area contributed by atoms with E-state index in [0.717, 1.165) is 6.07 Å². The highest BCUT2D eigenvalue weighted by molar-refractivity contribution is 7.91. The Morgan fingerprint density at radius 1 is 1.17 bits per heavy atom. The Hall–Kier alpha value is -2.10. The van der Waals surface area contributed by atoms with Crippen LogP contribution in [0.5, 0.6) is 0 Å². The number of carbonyl (C=O) groups excluding carboxylic acids is 2. The molecule has 0 saturated carbocycles. The monoisotopic (exact) mass is 467 g/mol. The van der Waals surface area contributed by atoms with Crippen LogP contribution >= 0.6 is 23.2 Å². The van der Waals surface area contributed by atoms with Crippen LogP contribution in [0.4, 0.5) is 13.2 Å². The highest BCUT2D eigenvalue weighted by Crippen LogP contribution is 2.35. The molecule has 1 amide bonds. The Morgan fingerprint density at radius 2 is 1.83 bits per heavy atom. The number of halogens is 5. The van der Waals surface area contributed by atoms with E-state index in [0.29, 0.717) is 6.07 Å². The summed E-state index contributed by atoms with van der Waals surface area (Å²) in [5.41, 5.74) is -2.38. The highest BCUT2D eigenvalue weighted by Gasteiger charge is 2.35. The van der Waals surface area contributed by atoms with E-state index in [4.69, 9.17) is 23.2 Å². The molecule has 2 aromatic rings. The van der Waals surface area contributed by atoms with E-state index in [1.165, 1.54) is 25.1 Å². The number of hydrogen-bond acceptors (Lipinski definition) is 4. The zero-order valence-electron chi connectivity index (χ0n) is 14.8. The minimum atomic E-state index is -4.90. The average Bonchev–Trinajstić information content (AvgIpc) is 2.64. The van der Waals surface area contributed by atoms with E-state index in [2.05, 4.69) is 5.32 Å². The Kier molecular flexibility index (Phi) is 6.97. The lowest BCUT2D eigenvalue weighted by molar-refractivity contribution is -0.137. The summed E-state index contributed by atoms with van der Waals surface area (Å²) < 4.78 is 63.8. The first-order valence-corrected chi connectivity index (χ1v) is 10.5. The number of rotatable bonds is 6. The number of nitrogens with one attached hydrogen (secondary N) is 1. The molecule has 29 heavy (non-hydrogen) atoms. The molecule has 0 fully saturated rings. The maximum absolute atomic E-state index is 13.1. The first-order valence-electron chi connectivity index (χ1n) is 8.06. The molecule has 0 atom stereocenters. The van der Waals surface area contributed by atoms with Crippen LogP contribution in [0.25, 0.3) is 0 Å². The van der Waals surface area contributed by atoms with Gasteiger partial charge in [-0.2, -0.15) is 13.2 Å². The quantitative estimate of drug-likeness (QED) is 0.631. The van der Waals surface area contributed by atoms with Gasteiger partial charge in [-0.05, 0) is 35.9 Å². The topological polar surface area (TPSA) is 80.3 Å². The maximum atomic E-state index is 13.1. The Bertz CT molecular complexity index is 1070. The number of amides is 1. The lowest BCUT2D eigenvalue weighted by Gasteiger charge is -2.14. The van der Waals surface area contributed by atoms with Crippen LogP contribution in [-0.4, -0.2) is 26.4 Å². The molecule has 0 aliphatic heterocycles. The lowest BCUT2D eigenvalue weighted by Crippen LogP contribution is -2.25. The largest absolute Gasteiger partial charge is 0.417 e. The van der Waals surface area contributed by atoms with Crippen LogP contribution in [0.1, 0.15) is 38.8 Å².